The van der Waals surface area contributed by atoms with E-state index in [1.54, 1.807) is 0 Å². The lowest BCUT2D eigenvalue weighted by molar-refractivity contribution is 0.270. The monoisotopic (exact) mass is 197 g/mol. The van der Waals surface area contributed by atoms with Gasteiger partial charge in [0.2, 0.25) is 0 Å². The molecule has 1 nitrogen and oxygen atoms in total. The summed E-state index contributed by atoms with van der Waals surface area (Å²) in [5, 5.41) is 3.82. The Morgan fingerprint density at radius 3 is 1.93 bits per heavy atom. The van der Waals surface area contributed by atoms with Crippen LogP contribution in [0.3, 0.4) is 0 Å². The molecule has 0 unspecified atom stereocenters. The average molecular weight is 197 g/mol. The predicted octanol–water partition coefficient (Wildman–Crippen LogP) is 3.74. The number of hydrogen-bond donors (Lipinski definition) is 1. The molecule has 0 amide bonds. The van der Waals surface area contributed by atoms with Crippen molar-refractivity contribution in [2.75, 3.05) is 6.54 Å². The first-order chi connectivity index (χ1) is 6.76. The Labute approximate surface area is 89.7 Å². The molecule has 0 atom stereocenters. The van der Waals surface area contributed by atoms with Gasteiger partial charge in [-0.05, 0) is 44.6 Å². The Balaban J connectivity index is 2.31. The molecule has 0 aromatic carbocycles. The van der Waals surface area contributed by atoms with Crippen LogP contribution in [-0.2, 0) is 0 Å². The van der Waals surface area contributed by atoms with E-state index in [2.05, 4.69) is 26.1 Å². The van der Waals surface area contributed by atoms with Gasteiger partial charge in [0.1, 0.15) is 0 Å². The summed E-state index contributed by atoms with van der Waals surface area (Å²) in [6.07, 6.45) is 9.65. The second-order valence-corrected chi connectivity index (χ2v) is 4.87. The highest BCUT2D eigenvalue weighted by Gasteiger charge is 2.25. The third kappa shape index (κ3) is 2.98. The van der Waals surface area contributed by atoms with Gasteiger partial charge >= 0.3 is 0 Å². The Kier molecular flexibility index (Phi) is 4.94. The Bertz CT molecular complexity index is 135. The zero-order valence-electron chi connectivity index (χ0n) is 10.2. The van der Waals surface area contributed by atoms with E-state index in [9.17, 15) is 0 Å². The standard InChI is InChI=1S/C13H27N/c1-4-13(5-2,6-3)14-11-12-9-7-8-10-12/h12,14H,4-11H2,1-3H3. The van der Waals surface area contributed by atoms with Crippen molar-refractivity contribution in [1.82, 2.24) is 5.32 Å². The van der Waals surface area contributed by atoms with Crippen molar-refractivity contribution >= 4 is 0 Å². The quantitative estimate of drug-likeness (QED) is 0.684. The fourth-order valence-electron chi connectivity index (χ4n) is 2.70. The first-order valence-corrected chi connectivity index (χ1v) is 6.51. The molecule has 0 aliphatic heterocycles. The van der Waals surface area contributed by atoms with Gasteiger partial charge in [0.25, 0.3) is 0 Å². The molecular formula is C13H27N. The van der Waals surface area contributed by atoms with E-state index in [0.717, 1.165) is 5.92 Å². The highest BCUT2D eigenvalue weighted by Crippen LogP contribution is 2.26. The zero-order chi connectivity index (χ0) is 10.4. The van der Waals surface area contributed by atoms with Crippen LogP contribution in [0.1, 0.15) is 65.7 Å². The van der Waals surface area contributed by atoms with Crippen LogP contribution in [0.2, 0.25) is 0 Å². The molecule has 1 heteroatoms. The normalized spacial score (nSPS) is 19.1. The molecule has 0 heterocycles. The summed E-state index contributed by atoms with van der Waals surface area (Å²) in [6.45, 7) is 8.20. The van der Waals surface area contributed by atoms with Crippen LogP contribution in [-0.4, -0.2) is 12.1 Å². The van der Waals surface area contributed by atoms with Gasteiger partial charge in [-0.15, -0.1) is 0 Å². The number of rotatable bonds is 6. The van der Waals surface area contributed by atoms with Crippen molar-refractivity contribution < 1.29 is 0 Å². The van der Waals surface area contributed by atoms with E-state index in [1.807, 2.05) is 0 Å². The van der Waals surface area contributed by atoms with E-state index in [1.165, 1.54) is 51.5 Å². The van der Waals surface area contributed by atoms with E-state index < -0.39 is 0 Å². The van der Waals surface area contributed by atoms with Gasteiger partial charge in [-0.25, -0.2) is 0 Å². The first kappa shape index (κ1) is 12.0. The van der Waals surface area contributed by atoms with Gasteiger partial charge in [0, 0.05) is 5.54 Å². The van der Waals surface area contributed by atoms with Gasteiger partial charge in [0.05, 0.1) is 0 Å². The first-order valence-electron chi connectivity index (χ1n) is 6.51. The molecule has 0 bridgehead atoms. The molecule has 1 N–H and O–H groups in total. The molecule has 0 radical (unpaired) electrons. The van der Waals surface area contributed by atoms with Crippen LogP contribution >= 0.6 is 0 Å². The van der Waals surface area contributed by atoms with Gasteiger partial charge in [0.15, 0.2) is 0 Å². The Morgan fingerprint density at radius 1 is 1.00 bits per heavy atom. The fourth-order valence-corrected chi connectivity index (χ4v) is 2.70. The maximum absolute atomic E-state index is 3.82. The van der Waals surface area contributed by atoms with Crippen LogP contribution in [0.4, 0.5) is 0 Å². The topological polar surface area (TPSA) is 12.0 Å². The molecular weight excluding hydrogens is 170 g/mol. The van der Waals surface area contributed by atoms with Crippen molar-refractivity contribution in [3.05, 3.63) is 0 Å². The SMILES string of the molecule is CCC(CC)(CC)NCC1CCCC1. The van der Waals surface area contributed by atoms with E-state index in [-0.39, 0.29) is 0 Å². The Hall–Kier alpha value is -0.0400. The van der Waals surface area contributed by atoms with E-state index in [0.29, 0.717) is 5.54 Å². The van der Waals surface area contributed by atoms with Crippen LogP contribution in [0.5, 0.6) is 0 Å². The smallest absolute Gasteiger partial charge is 0.0173 e. The van der Waals surface area contributed by atoms with Crippen molar-refractivity contribution in [2.45, 2.75) is 71.3 Å². The summed E-state index contributed by atoms with van der Waals surface area (Å²) < 4.78 is 0. The van der Waals surface area contributed by atoms with Crippen molar-refractivity contribution in [1.29, 1.82) is 0 Å². The zero-order valence-corrected chi connectivity index (χ0v) is 10.2. The minimum Gasteiger partial charge on any atom is -0.311 e. The van der Waals surface area contributed by atoms with Gasteiger partial charge in [-0.3, -0.25) is 0 Å². The molecule has 14 heavy (non-hydrogen) atoms. The number of hydrogen-bond acceptors (Lipinski definition) is 1. The molecule has 1 rings (SSSR count). The third-order valence-electron chi connectivity index (χ3n) is 4.27. The van der Waals surface area contributed by atoms with E-state index >= 15 is 0 Å². The third-order valence-corrected chi connectivity index (χ3v) is 4.27. The molecule has 1 fully saturated rings. The van der Waals surface area contributed by atoms with Gasteiger partial charge < -0.3 is 5.32 Å². The van der Waals surface area contributed by atoms with Gasteiger partial charge in [-0.2, -0.15) is 0 Å². The summed E-state index contributed by atoms with van der Waals surface area (Å²) in [5.74, 6) is 0.971. The largest absolute Gasteiger partial charge is 0.311 e. The molecule has 84 valence electrons. The van der Waals surface area contributed by atoms with Crippen LogP contribution in [0.25, 0.3) is 0 Å². The van der Waals surface area contributed by atoms with E-state index in [4.69, 9.17) is 0 Å². The summed E-state index contributed by atoms with van der Waals surface area (Å²) in [7, 11) is 0. The number of nitrogens with one attached hydrogen (secondary N) is 1. The maximum atomic E-state index is 3.82. The molecule has 0 spiro atoms. The summed E-state index contributed by atoms with van der Waals surface area (Å²) >= 11 is 0. The van der Waals surface area contributed by atoms with Crippen molar-refractivity contribution in [3.8, 4) is 0 Å². The molecule has 1 aliphatic rings. The van der Waals surface area contributed by atoms with Gasteiger partial charge in [-0.1, -0.05) is 33.6 Å². The maximum Gasteiger partial charge on any atom is 0.0173 e. The Morgan fingerprint density at radius 2 is 1.50 bits per heavy atom. The second-order valence-electron chi connectivity index (χ2n) is 4.87. The highest BCUT2D eigenvalue weighted by molar-refractivity contribution is 4.85. The van der Waals surface area contributed by atoms with Crippen molar-refractivity contribution in [3.63, 3.8) is 0 Å². The lowest BCUT2D eigenvalue weighted by Crippen LogP contribution is -2.45. The highest BCUT2D eigenvalue weighted by atomic mass is 15.0. The molecule has 1 saturated carbocycles. The van der Waals surface area contributed by atoms with Crippen LogP contribution in [0.15, 0.2) is 0 Å². The minimum absolute atomic E-state index is 0.433. The lowest BCUT2D eigenvalue weighted by atomic mass is 9.89. The predicted molar refractivity (Wildman–Crippen MR) is 63.6 cm³/mol. The van der Waals surface area contributed by atoms with Crippen molar-refractivity contribution in [2.24, 2.45) is 5.92 Å². The summed E-state index contributed by atoms with van der Waals surface area (Å²) in [6, 6.07) is 0. The lowest BCUT2D eigenvalue weighted by Gasteiger charge is -2.33. The molecule has 0 saturated heterocycles. The molecule has 1 aliphatic carbocycles. The second kappa shape index (κ2) is 5.75. The fraction of sp³-hybridized carbons (Fsp3) is 1.00. The summed E-state index contributed by atoms with van der Waals surface area (Å²) in [5.41, 5.74) is 0.433. The van der Waals surface area contributed by atoms with Crippen LogP contribution in [0, 0.1) is 5.92 Å². The molecule has 0 aromatic heterocycles. The minimum atomic E-state index is 0.433. The summed E-state index contributed by atoms with van der Waals surface area (Å²) in [4.78, 5) is 0. The van der Waals surface area contributed by atoms with Crippen LogP contribution < -0.4 is 5.32 Å². The average Bonchev–Trinajstić information content (AvgIpc) is 2.74. The molecule has 0 aromatic rings.